The van der Waals surface area contributed by atoms with Gasteiger partial charge in [-0.2, -0.15) is 0 Å². The van der Waals surface area contributed by atoms with Gasteiger partial charge < -0.3 is 15.2 Å². The Labute approximate surface area is 85.0 Å². The molecule has 4 heteroatoms. The van der Waals surface area contributed by atoms with Crippen molar-refractivity contribution in [3.63, 3.8) is 0 Å². The second-order valence-corrected chi connectivity index (χ2v) is 4.05. The van der Waals surface area contributed by atoms with Gasteiger partial charge in [0.05, 0.1) is 12.6 Å². The maximum atomic E-state index is 11.2. The Bertz CT molecular complexity index is 196. The monoisotopic (exact) mass is 201 g/mol. The zero-order valence-corrected chi connectivity index (χ0v) is 9.04. The van der Waals surface area contributed by atoms with Crippen LogP contribution in [-0.4, -0.2) is 29.4 Å². The van der Waals surface area contributed by atoms with Crippen molar-refractivity contribution in [1.82, 2.24) is 5.32 Å². The molecule has 4 nitrogen and oxygen atoms in total. The van der Waals surface area contributed by atoms with E-state index >= 15 is 0 Å². The average Bonchev–Trinajstić information content (AvgIpc) is 2.00. The maximum Gasteiger partial charge on any atom is 0.407 e. The highest BCUT2D eigenvalue weighted by Crippen LogP contribution is 2.07. The minimum Gasteiger partial charge on any atom is -0.444 e. The summed E-state index contributed by atoms with van der Waals surface area (Å²) in [4.78, 5) is 11.2. The molecule has 0 spiro atoms. The average molecular weight is 201 g/mol. The lowest BCUT2D eigenvalue weighted by Crippen LogP contribution is -2.40. The summed E-state index contributed by atoms with van der Waals surface area (Å²) in [6.45, 7) is 8.76. The Morgan fingerprint density at radius 3 is 2.57 bits per heavy atom. The van der Waals surface area contributed by atoms with Crippen molar-refractivity contribution in [2.24, 2.45) is 0 Å². The molecule has 1 atom stereocenters. The number of carbonyl (C=O) groups excluding carboxylic acids is 1. The summed E-state index contributed by atoms with van der Waals surface area (Å²) < 4.78 is 5.02. The van der Waals surface area contributed by atoms with Gasteiger partial charge in [0.1, 0.15) is 5.60 Å². The van der Waals surface area contributed by atoms with Crippen LogP contribution in [0.25, 0.3) is 0 Å². The molecule has 0 heterocycles. The van der Waals surface area contributed by atoms with E-state index in [9.17, 15) is 4.79 Å². The third kappa shape index (κ3) is 6.48. The van der Waals surface area contributed by atoms with Gasteiger partial charge in [0.15, 0.2) is 0 Å². The number of ether oxygens (including phenoxy) is 1. The first-order chi connectivity index (χ1) is 6.39. The van der Waals surface area contributed by atoms with E-state index in [1.165, 1.54) is 0 Å². The first kappa shape index (κ1) is 13.0. The van der Waals surface area contributed by atoms with E-state index < -0.39 is 11.7 Å². The van der Waals surface area contributed by atoms with E-state index in [2.05, 4.69) is 11.9 Å². The SMILES string of the molecule is C=CCC(CO)NC(=O)OC(C)(C)C. The van der Waals surface area contributed by atoms with Crippen LogP contribution in [0.15, 0.2) is 12.7 Å². The van der Waals surface area contributed by atoms with Crippen LogP contribution >= 0.6 is 0 Å². The number of aliphatic hydroxyl groups is 1. The highest BCUT2D eigenvalue weighted by molar-refractivity contribution is 5.68. The van der Waals surface area contributed by atoms with Gasteiger partial charge in [-0.1, -0.05) is 6.08 Å². The van der Waals surface area contributed by atoms with E-state index in [4.69, 9.17) is 9.84 Å². The van der Waals surface area contributed by atoms with Gasteiger partial charge in [0.25, 0.3) is 0 Å². The Morgan fingerprint density at radius 2 is 2.21 bits per heavy atom. The second-order valence-electron chi connectivity index (χ2n) is 4.05. The molecule has 0 radical (unpaired) electrons. The third-order valence-corrected chi connectivity index (χ3v) is 1.39. The topological polar surface area (TPSA) is 58.6 Å². The van der Waals surface area contributed by atoms with E-state index in [0.29, 0.717) is 6.42 Å². The highest BCUT2D eigenvalue weighted by Gasteiger charge is 2.18. The lowest BCUT2D eigenvalue weighted by atomic mass is 10.2. The summed E-state index contributed by atoms with van der Waals surface area (Å²) in [6, 6.07) is -0.317. The summed E-state index contributed by atoms with van der Waals surface area (Å²) >= 11 is 0. The quantitative estimate of drug-likeness (QED) is 0.677. The van der Waals surface area contributed by atoms with Gasteiger partial charge in [-0.15, -0.1) is 6.58 Å². The van der Waals surface area contributed by atoms with Gasteiger partial charge in [0.2, 0.25) is 0 Å². The van der Waals surface area contributed by atoms with Crippen LogP contribution in [0.5, 0.6) is 0 Å². The molecule has 14 heavy (non-hydrogen) atoms. The molecule has 0 fully saturated rings. The van der Waals surface area contributed by atoms with Gasteiger partial charge >= 0.3 is 6.09 Å². The van der Waals surface area contributed by atoms with E-state index in [1.807, 2.05) is 0 Å². The maximum absolute atomic E-state index is 11.2. The van der Waals surface area contributed by atoms with Crippen molar-refractivity contribution >= 4 is 6.09 Å². The van der Waals surface area contributed by atoms with Crippen LogP contribution in [0.1, 0.15) is 27.2 Å². The molecule has 0 aliphatic rings. The normalized spacial score (nSPS) is 13.1. The standard InChI is InChI=1S/C10H19NO3/c1-5-6-8(7-12)11-9(13)14-10(2,3)4/h5,8,12H,1,6-7H2,2-4H3,(H,11,13). The Morgan fingerprint density at radius 1 is 1.64 bits per heavy atom. The summed E-state index contributed by atoms with van der Waals surface area (Å²) in [5.74, 6) is 0. The fourth-order valence-electron chi connectivity index (χ4n) is 0.855. The number of carbonyl (C=O) groups is 1. The fourth-order valence-corrected chi connectivity index (χ4v) is 0.855. The number of hydrogen-bond acceptors (Lipinski definition) is 3. The largest absolute Gasteiger partial charge is 0.444 e. The van der Waals surface area contributed by atoms with E-state index in [0.717, 1.165) is 0 Å². The van der Waals surface area contributed by atoms with Gasteiger partial charge in [-0.3, -0.25) is 0 Å². The molecule has 0 aromatic heterocycles. The molecule has 0 aliphatic heterocycles. The minimum absolute atomic E-state index is 0.120. The fraction of sp³-hybridized carbons (Fsp3) is 0.700. The van der Waals surface area contributed by atoms with E-state index in [-0.39, 0.29) is 12.6 Å². The number of alkyl carbamates (subject to hydrolysis) is 1. The number of nitrogens with one attached hydrogen (secondary N) is 1. The number of rotatable bonds is 4. The molecule has 1 amide bonds. The smallest absolute Gasteiger partial charge is 0.407 e. The third-order valence-electron chi connectivity index (χ3n) is 1.39. The summed E-state index contributed by atoms with van der Waals surface area (Å²) in [5.41, 5.74) is -0.516. The van der Waals surface area contributed by atoms with Crippen LogP contribution in [0.3, 0.4) is 0 Å². The van der Waals surface area contributed by atoms with Crippen LogP contribution in [-0.2, 0) is 4.74 Å². The molecule has 0 saturated carbocycles. The molecule has 0 saturated heterocycles. The minimum atomic E-state index is -0.516. The van der Waals surface area contributed by atoms with Crippen molar-refractivity contribution < 1.29 is 14.6 Å². The summed E-state index contributed by atoms with van der Waals surface area (Å²) in [6.07, 6.45) is 1.65. The lowest BCUT2D eigenvalue weighted by Gasteiger charge is -2.22. The molecule has 0 aromatic carbocycles. The highest BCUT2D eigenvalue weighted by atomic mass is 16.6. The molecule has 1 unspecified atom stereocenters. The predicted octanol–water partition coefficient (Wildman–Crippen LogP) is 1.45. The van der Waals surface area contributed by atoms with Gasteiger partial charge in [0, 0.05) is 0 Å². The van der Waals surface area contributed by atoms with Crippen molar-refractivity contribution in [1.29, 1.82) is 0 Å². The van der Waals surface area contributed by atoms with Gasteiger partial charge in [-0.05, 0) is 27.2 Å². The molecule has 0 rings (SSSR count). The Kier molecular flexibility index (Phi) is 5.23. The molecular weight excluding hydrogens is 182 g/mol. The molecular formula is C10H19NO3. The van der Waals surface area contributed by atoms with Crippen LogP contribution in [0.2, 0.25) is 0 Å². The summed E-state index contributed by atoms with van der Waals surface area (Å²) in [7, 11) is 0. The van der Waals surface area contributed by atoms with Crippen molar-refractivity contribution in [3.05, 3.63) is 12.7 Å². The Balaban J connectivity index is 3.96. The lowest BCUT2D eigenvalue weighted by molar-refractivity contribution is 0.0484. The molecule has 0 aliphatic carbocycles. The number of hydrogen-bond donors (Lipinski definition) is 2. The zero-order chi connectivity index (χ0) is 11.2. The van der Waals surface area contributed by atoms with Crippen molar-refractivity contribution in [2.45, 2.75) is 38.8 Å². The van der Waals surface area contributed by atoms with E-state index in [1.54, 1.807) is 26.8 Å². The Hall–Kier alpha value is -1.03. The van der Waals surface area contributed by atoms with Gasteiger partial charge in [-0.25, -0.2) is 4.79 Å². The molecule has 2 N–H and O–H groups in total. The van der Waals surface area contributed by atoms with Crippen molar-refractivity contribution in [3.8, 4) is 0 Å². The van der Waals surface area contributed by atoms with Crippen LogP contribution in [0, 0.1) is 0 Å². The van der Waals surface area contributed by atoms with Crippen LogP contribution < -0.4 is 5.32 Å². The van der Waals surface area contributed by atoms with Crippen molar-refractivity contribution in [2.75, 3.05) is 6.61 Å². The molecule has 0 bridgehead atoms. The van der Waals surface area contributed by atoms with Crippen LogP contribution in [0.4, 0.5) is 4.79 Å². The first-order valence-corrected chi connectivity index (χ1v) is 4.60. The number of aliphatic hydroxyl groups excluding tert-OH is 1. The summed E-state index contributed by atoms with van der Waals surface area (Å²) in [5, 5.41) is 11.4. The zero-order valence-electron chi connectivity index (χ0n) is 9.04. The molecule has 82 valence electrons. The first-order valence-electron chi connectivity index (χ1n) is 4.60. The predicted molar refractivity (Wildman–Crippen MR) is 55.1 cm³/mol. The second kappa shape index (κ2) is 5.65. The number of amides is 1. The molecule has 0 aromatic rings.